The van der Waals surface area contributed by atoms with E-state index < -0.39 is 17.3 Å². The Morgan fingerprint density at radius 1 is 0.864 bits per heavy atom. The van der Waals surface area contributed by atoms with Gasteiger partial charge in [-0.25, -0.2) is 0 Å². The van der Waals surface area contributed by atoms with Crippen molar-refractivity contribution in [1.29, 1.82) is 5.41 Å². The van der Waals surface area contributed by atoms with Crippen LogP contribution in [0.3, 0.4) is 0 Å². The maximum atomic E-state index is 12.3. The second kappa shape index (κ2) is 6.63. The highest BCUT2D eigenvalue weighted by Crippen LogP contribution is 2.19. The van der Waals surface area contributed by atoms with Crippen LogP contribution in [0, 0.1) is 5.41 Å². The van der Waals surface area contributed by atoms with Crippen LogP contribution in [-0.4, -0.2) is 22.4 Å². The fourth-order valence-corrected chi connectivity index (χ4v) is 2.05. The minimum atomic E-state index is -0.603. The van der Waals surface area contributed by atoms with Gasteiger partial charge < -0.3 is 5.11 Å². The van der Waals surface area contributed by atoms with Crippen LogP contribution < -0.4 is 0 Å². The Hall–Kier alpha value is -3.01. The lowest BCUT2D eigenvalue weighted by molar-refractivity contribution is -0.113. The molecule has 0 radical (unpaired) electrons. The highest BCUT2D eigenvalue weighted by atomic mass is 16.3. The molecule has 2 aromatic rings. The number of rotatable bonds is 5. The molecule has 0 saturated heterocycles. The Balaban J connectivity index is 2.47. The monoisotopic (exact) mass is 293 g/mol. The Morgan fingerprint density at radius 3 is 1.77 bits per heavy atom. The lowest BCUT2D eigenvalue weighted by atomic mass is 9.95. The first kappa shape index (κ1) is 15.4. The predicted molar refractivity (Wildman–Crippen MR) is 85.2 cm³/mol. The third-order valence-corrected chi connectivity index (χ3v) is 3.15. The maximum absolute atomic E-state index is 12.3. The van der Waals surface area contributed by atoms with Gasteiger partial charge >= 0.3 is 0 Å². The molecule has 2 N–H and O–H groups in total. The van der Waals surface area contributed by atoms with Crippen LogP contribution in [0.1, 0.15) is 22.8 Å². The molecule has 0 heterocycles. The maximum Gasteiger partial charge on any atom is 0.211 e. The van der Waals surface area contributed by atoms with Gasteiger partial charge in [0, 0.05) is 11.1 Å². The molecule has 0 aromatic heterocycles. The lowest BCUT2D eigenvalue weighted by Gasteiger charge is -2.09. The van der Waals surface area contributed by atoms with Gasteiger partial charge in [-0.05, 0) is 6.92 Å². The van der Waals surface area contributed by atoms with Crippen LogP contribution >= 0.6 is 0 Å². The number of aliphatic hydroxyl groups excluding tert-OH is 1. The average Bonchev–Trinajstić information content (AvgIpc) is 2.55. The zero-order chi connectivity index (χ0) is 16.1. The summed E-state index contributed by atoms with van der Waals surface area (Å²) >= 11 is 0. The summed E-state index contributed by atoms with van der Waals surface area (Å²) in [6.07, 6.45) is 0. The van der Waals surface area contributed by atoms with E-state index >= 15 is 0 Å². The number of Topliss-reactive ketones (excluding diaryl/α,β-unsaturated/α-hetero) is 2. The summed E-state index contributed by atoms with van der Waals surface area (Å²) in [5.41, 5.74) is -0.106. The number of hydrogen-bond acceptors (Lipinski definition) is 4. The van der Waals surface area contributed by atoms with E-state index in [1.165, 1.54) is 6.92 Å². The molecule has 2 aromatic carbocycles. The normalized spacial score (nSPS) is 11.5. The number of hydrogen-bond donors (Lipinski definition) is 2. The number of carbonyl (C=O) groups is 2. The van der Waals surface area contributed by atoms with Gasteiger partial charge in [-0.15, -0.1) is 0 Å². The molecular weight excluding hydrogens is 278 g/mol. The minimum absolute atomic E-state index is 0.278. The van der Waals surface area contributed by atoms with Crippen molar-refractivity contribution in [3.63, 3.8) is 0 Å². The Labute approximate surface area is 128 Å². The van der Waals surface area contributed by atoms with E-state index in [1.807, 2.05) is 0 Å². The van der Waals surface area contributed by atoms with E-state index in [0.717, 1.165) is 0 Å². The zero-order valence-corrected chi connectivity index (χ0v) is 12.0. The molecule has 0 spiro atoms. The Bertz CT molecular complexity index is 746. The third-order valence-electron chi connectivity index (χ3n) is 3.15. The van der Waals surface area contributed by atoms with E-state index in [2.05, 4.69) is 0 Å². The molecule has 0 aliphatic heterocycles. The van der Waals surface area contributed by atoms with Gasteiger partial charge in [-0.2, -0.15) is 0 Å². The Morgan fingerprint density at radius 2 is 1.32 bits per heavy atom. The van der Waals surface area contributed by atoms with Crippen LogP contribution in [0.5, 0.6) is 0 Å². The molecule has 22 heavy (non-hydrogen) atoms. The largest absolute Gasteiger partial charge is 0.506 e. The summed E-state index contributed by atoms with van der Waals surface area (Å²) in [5, 5.41) is 18.3. The van der Waals surface area contributed by atoms with Gasteiger partial charge in [0.25, 0.3) is 0 Å². The zero-order valence-electron chi connectivity index (χ0n) is 12.0. The molecule has 0 fully saturated rings. The SMILES string of the molecule is CC(=O)/C(C(=N)C(=O)c1ccccc1)=C(/O)c1ccccc1. The summed E-state index contributed by atoms with van der Waals surface area (Å²) in [6.45, 7) is 1.22. The molecule has 0 aliphatic carbocycles. The van der Waals surface area contributed by atoms with E-state index in [4.69, 9.17) is 5.41 Å². The van der Waals surface area contributed by atoms with Gasteiger partial charge in [0.1, 0.15) is 11.5 Å². The number of carbonyl (C=O) groups excluding carboxylic acids is 2. The molecule has 2 rings (SSSR count). The number of nitrogens with one attached hydrogen (secondary N) is 1. The van der Waals surface area contributed by atoms with E-state index in [9.17, 15) is 14.7 Å². The first-order valence-electron chi connectivity index (χ1n) is 6.70. The summed E-state index contributed by atoms with van der Waals surface area (Å²) in [7, 11) is 0. The number of aliphatic hydroxyl groups is 1. The molecule has 0 aliphatic rings. The molecule has 4 nitrogen and oxygen atoms in total. The van der Waals surface area contributed by atoms with Crippen molar-refractivity contribution in [1.82, 2.24) is 0 Å². The summed E-state index contributed by atoms with van der Waals surface area (Å²) in [5.74, 6) is -1.49. The minimum Gasteiger partial charge on any atom is -0.506 e. The van der Waals surface area contributed by atoms with Crippen molar-refractivity contribution in [2.24, 2.45) is 0 Å². The van der Waals surface area contributed by atoms with E-state index in [1.54, 1.807) is 60.7 Å². The second-order valence-corrected chi connectivity index (χ2v) is 4.72. The first-order valence-corrected chi connectivity index (χ1v) is 6.70. The molecule has 0 unspecified atom stereocenters. The van der Waals surface area contributed by atoms with Crippen LogP contribution in [0.25, 0.3) is 5.76 Å². The molecule has 4 heteroatoms. The van der Waals surface area contributed by atoms with Crippen molar-refractivity contribution < 1.29 is 14.7 Å². The van der Waals surface area contributed by atoms with Crippen molar-refractivity contribution in [3.05, 3.63) is 77.4 Å². The van der Waals surface area contributed by atoms with Gasteiger partial charge in [-0.3, -0.25) is 15.0 Å². The van der Waals surface area contributed by atoms with Gasteiger partial charge in [0.2, 0.25) is 5.78 Å². The van der Waals surface area contributed by atoms with Crippen molar-refractivity contribution in [2.45, 2.75) is 6.92 Å². The van der Waals surface area contributed by atoms with Crippen LogP contribution in [0.4, 0.5) is 0 Å². The van der Waals surface area contributed by atoms with Crippen molar-refractivity contribution in [3.8, 4) is 0 Å². The average molecular weight is 293 g/mol. The summed E-state index contributed by atoms with van der Waals surface area (Å²) in [4.78, 5) is 24.1. The highest BCUT2D eigenvalue weighted by Gasteiger charge is 2.24. The third kappa shape index (κ3) is 3.17. The molecule has 0 saturated carbocycles. The highest BCUT2D eigenvalue weighted by molar-refractivity contribution is 6.56. The number of benzene rings is 2. The first-order chi connectivity index (χ1) is 10.5. The summed E-state index contributed by atoms with van der Waals surface area (Å²) in [6, 6.07) is 16.6. The molecule has 0 amide bonds. The molecule has 0 atom stereocenters. The molecular formula is C18H15NO3. The number of ketones is 2. The topological polar surface area (TPSA) is 78.2 Å². The fourth-order valence-electron chi connectivity index (χ4n) is 2.05. The molecule has 0 bridgehead atoms. The quantitative estimate of drug-likeness (QED) is 0.383. The molecule has 110 valence electrons. The standard InChI is InChI=1S/C18H15NO3/c1-12(20)15(17(21)13-8-4-2-5-9-13)16(19)18(22)14-10-6-3-7-11-14/h2-11,19,21H,1H3/b17-15-,19-16?. The van der Waals surface area contributed by atoms with Gasteiger partial charge in [0.15, 0.2) is 5.78 Å². The predicted octanol–water partition coefficient (Wildman–Crippen LogP) is 3.45. The van der Waals surface area contributed by atoms with Crippen LogP contribution in [0.2, 0.25) is 0 Å². The lowest BCUT2D eigenvalue weighted by Crippen LogP contribution is -2.21. The summed E-state index contributed by atoms with van der Waals surface area (Å²) < 4.78 is 0. The van der Waals surface area contributed by atoms with Gasteiger partial charge in [-0.1, -0.05) is 60.7 Å². The van der Waals surface area contributed by atoms with Crippen molar-refractivity contribution in [2.75, 3.05) is 0 Å². The van der Waals surface area contributed by atoms with Crippen LogP contribution in [-0.2, 0) is 4.79 Å². The van der Waals surface area contributed by atoms with E-state index in [-0.39, 0.29) is 11.3 Å². The second-order valence-electron chi connectivity index (χ2n) is 4.72. The number of allylic oxidation sites excluding steroid dienone is 1. The van der Waals surface area contributed by atoms with Gasteiger partial charge in [0.05, 0.1) is 5.57 Å². The van der Waals surface area contributed by atoms with Crippen molar-refractivity contribution >= 4 is 23.0 Å². The fraction of sp³-hybridized carbons (Fsp3) is 0.0556. The Kier molecular flexibility index (Phi) is 4.63. The van der Waals surface area contributed by atoms with Crippen LogP contribution in [0.15, 0.2) is 66.2 Å². The smallest absolute Gasteiger partial charge is 0.211 e. The van der Waals surface area contributed by atoms with E-state index in [0.29, 0.717) is 11.1 Å².